The number of aromatic carboxylic acids is 1. The topological polar surface area (TPSA) is 119 Å². The molecular formula is C36H41N3O6. The summed E-state index contributed by atoms with van der Waals surface area (Å²) >= 11 is 0. The Hall–Kier alpha value is -4.21. The van der Waals surface area contributed by atoms with E-state index >= 15 is 0 Å². The van der Waals surface area contributed by atoms with Gasteiger partial charge in [-0.15, -0.1) is 0 Å². The number of hydrogen-bond acceptors (Lipinski definition) is 6. The molecule has 9 heteroatoms. The first kappa shape index (κ1) is 30.8. The van der Waals surface area contributed by atoms with Gasteiger partial charge in [-0.05, 0) is 79.1 Å². The van der Waals surface area contributed by atoms with E-state index in [2.05, 4.69) is 10.2 Å². The number of piperidine rings is 1. The quantitative estimate of drug-likeness (QED) is 0.312. The van der Waals surface area contributed by atoms with Gasteiger partial charge >= 0.3 is 5.97 Å². The summed E-state index contributed by atoms with van der Waals surface area (Å²) in [5, 5.41) is 23.4. The number of ether oxygens (including phenoxy) is 1. The second kappa shape index (κ2) is 13.4. The molecular weight excluding hydrogens is 570 g/mol. The van der Waals surface area contributed by atoms with Crippen LogP contribution in [0.1, 0.15) is 66.4 Å². The van der Waals surface area contributed by atoms with Crippen molar-refractivity contribution in [1.29, 1.82) is 0 Å². The fourth-order valence-corrected chi connectivity index (χ4v) is 7.11. The molecule has 236 valence electrons. The van der Waals surface area contributed by atoms with Crippen molar-refractivity contribution in [1.82, 2.24) is 15.1 Å². The van der Waals surface area contributed by atoms with Crippen molar-refractivity contribution >= 4 is 17.8 Å². The Morgan fingerprint density at radius 1 is 0.844 bits per heavy atom. The van der Waals surface area contributed by atoms with Crippen molar-refractivity contribution in [2.75, 3.05) is 13.1 Å². The Balaban J connectivity index is 1.12. The highest BCUT2D eigenvalue weighted by Crippen LogP contribution is 2.37. The molecule has 2 amide bonds. The van der Waals surface area contributed by atoms with E-state index in [0.29, 0.717) is 50.5 Å². The van der Waals surface area contributed by atoms with Crippen LogP contribution in [0.25, 0.3) is 0 Å². The first-order chi connectivity index (χ1) is 21.8. The fraction of sp³-hybridized carbons (Fsp3) is 0.417. The van der Waals surface area contributed by atoms with E-state index in [1.54, 1.807) is 17.0 Å². The van der Waals surface area contributed by atoms with Crippen molar-refractivity contribution in [3.05, 3.63) is 95.6 Å². The zero-order valence-electron chi connectivity index (χ0n) is 25.4. The molecule has 0 bridgehead atoms. The maximum absolute atomic E-state index is 14.1. The zero-order chi connectivity index (χ0) is 31.4. The van der Waals surface area contributed by atoms with Crippen LogP contribution in [0.2, 0.25) is 0 Å². The molecule has 2 atom stereocenters. The van der Waals surface area contributed by atoms with Crippen LogP contribution in [-0.2, 0) is 22.7 Å². The zero-order valence-corrected chi connectivity index (χ0v) is 25.4. The highest BCUT2D eigenvalue weighted by atomic mass is 16.5. The van der Waals surface area contributed by atoms with Crippen LogP contribution in [0.3, 0.4) is 0 Å². The third-order valence-corrected chi connectivity index (χ3v) is 9.77. The molecule has 0 radical (unpaired) electrons. The van der Waals surface area contributed by atoms with Gasteiger partial charge in [0, 0.05) is 26.2 Å². The molecule has 3 aromatic carbocycles. The Labute approximate surface area is 263 Å². The number of carbonyl (C=O) groups is 3. The van der Waals surface area contributed by atoms with E-state index in [1.165, 1.54) is 12.1 Å². The lowest BCUT2D eigenvalue weighted by Gasteiger charge is -2.52. The van der Waals surface area contributed by atoms with Crippen LogP contribution in [-0.4, -0.2) is 68.6 Å². The molecule has 3 fully saturated rings. The van der Waals surface area contributed by atoms with Gasteiger partial charge in [-0.1, -0.05) is 61.7 Å². The first-order valence-corrected chi connectivity index (χ1v) is 16.0. The van der Waals surface area contributed by atoms with Crippen LogP contribution in [0, 0.1) is 5.92 Å². The van der Waals surface area contributed by atoms with Crippen molar-refractivity contribution in [3.63, 3.8) is 0 Å². The molecule has 0 aromatic heterocycles. The normalized spacial score (nSPS) is 21.4. The third kappa shape index (κ3) is 6.74. The van der Waals surface area contributed by atoms with Crippen LogP contribution >= 0.6 is 0 Å². The van der Waals surface area contributed by atoms with Crippen LogP contribution in [0.5, 0.6) is 11.5 Å². The molecule has 9 nitrogen and oxygen atoms in total. The third-order valence-electron chi connectivity index (χ3n) is 9.77. The Kier molecular flexibility index (Phi) is 9.19. The number of carboxylic acid groups (broad SMARTS) is 1. The number of aliphatic hydroxyl groups excluding tert-OH is 1. The molecule has 3 aromatic rings. The number of nitrogens with one attached hydrogen (secondary N) is 1. The van der Waals surface area contributed by atoms with Crippen molar-refractivity contribution in [3.8, 4) is 11.5 Å². The van der Waals surface area contributed by atoms with E-state index in [1.807, 2.05) is 54.6 Å². The highest BCUT2D eigenvalue weighted by molar-refractivity contribution is 6.00. The number of likely N-dealkylation sites (tertiary alicyclic amines) is 1. The maximum atomic E-state index is 14.1. The van der Waals surface area contributed by atoms with E-state index in [9.17, 15) is 19.5 Å². The predicted molar refractivity (Wildman–Crippen MR) is 169 cm³/mol. The molecule has 2 heterocycles. The molecule has 45 heavy (non-hydrogen) atoms. The summed E-state index contributed by atoms with van der Waals surface area (Å²) in [5.74, 6) is -0.0848. The van der Waals surface area contributed by atoms with Crippen molar-refractivity contribution < 1.29 is 29.3 Å². The van der Waals surface area contributed by atoms with Gasteiger partial charge in [0.15, 0.2) is 0 Å². The number of carboxylic acids is 1. The number of amides is 2. The Morgan fingerprint density at radius 2 is 1.44 bits per heavy atom. The molecule has 1 aliphatic carbocycles. The van der Waals surface area contributed by atoms with Crippen LogP contribution in [0.15, 0.2) is 78.9 Å². The van der Waals surface area contributed by atoms with Crippen molar-refractivity contribution in [2.24, 2.45) is 5.92 Å². The lowest BCUT2D eigenvalue weighted by Crippen LogP contribution is -2.74. The number of carbonyl (C=O) groups excluding carboxylic acids is 2. The Bertz CT molecular complexity index is 1480. The van der Waals surface area contributed by atoms with Crippen LogP contribution in [0.4, 0.5) is 0 Å². The number of benzene rings is 3. The van der Waals surface area contributed by atoms with Gasteiger partial charge in [0.25, 0.3) is 0 Å². The number of rotatable bonds is 9. The number of aliphatic hydroxyl groups is 1. The maximum Gasteiger partial charge on any atom is 0.335 e. The minimum atomic E-state index is -0.980. The van der Waals surface area contributed by atoms with E-state index in [-0.39, 0.29) is 23.3 Å². The molecule has 2 aliphatic heterocycles. The van der Waals surface area contributed by atoms with Gasteiger partial charge in [-0.25, -0.2) is 4.79 Å². The highest BCUT2D eigenvalue weighted by Gasteiger charge is 2.55. The lowest BCUT2D eigenvalue weighted by molar-refractivity contribution is -0.167. The summed E-state index contributed by atoms with van der Waals surface area (Å²) < 4.78 is 5.87. The van der Waals surface area contributed by atoms with Gasteiger partial charge in [0.2, 0.25) is 11.8 Å². The number of nitrogens with zero attached hydrogens (tertiary/aromatic N) is 2. The molecule has 3 N–H and O–H groups in total. The van der Waals surface area contributed by atoms with E-state index < -0.39 is 23.7 Å². The largest absolute Gasteiger partial charge is 0.478 e. The Morgan fingerprint density at radius 3 is 2.07 bits per heavy atom. The molecule has 3 aliphatic rings. The molecule has 1 saturated carbocycles. The smallest absolute Gasteiger partial charge is 0.335 e. The monoisotopic (exact) mass is 611 g/mol. The summed E-state index contributed by atoms with van der Waals surface area (Å²) in [6.07, 6.45) is 5.14. The van der Waals surface area contributed by atoms with Gasteiger partial charge in [0.05, 0.1) is 11.7 Å². The van der Waals surface area contributed by atoms with Gasteiger partial charge in [-0.3, -0.25) is 14.5 Å². The molecule has 1 spiro atoms. The van der Waals surface area contributed by atoms with E-state index in [0.717, 1.165) is 43.2 Å². The fourth-order valence-electron chi connectivity index (χ4n) is 7.11. The summed E-state index contributed by atoms with van der Waals surface area (Å²) in [5.41, 5.74) is 1.31. The van der Waals surface area contributed by atoms with Crippen LogP contribution < -0.4 is 10.1 Å². The standard InChI is InChI=1S/C36H41N3O6/c40-32(27-9-5-2-6-10-27)31-33(41)39(24-25-7-3-1-4-8-25)36(35(44)37-31)19-21-38(22-20-36)23-26-11-15-29(16-12-26)45-30-17-13-28(14-18-30)34(42)43/h1,3-4,7-8,11-18,27,31-32,40H,2,5-6,9-10,19-24H2,(H,37,44)(H,42,43)/t31-,32-/m1/s1. The minimum Gasteiger partial charge on any atom is -0.478 e. The molecule has 2 saturated heterocycles. The first-order valence-electron chi connectivity index (χ1n) is 16.0. The molecule has 0 unspecified atom stereocenters. The molecule has 6 rings (SSSR count). The van der Waals surface area contributed by atoms with Crippen molar-refractivity contribution in [2.45, 2.75) is 75.7 Å². The number of hydrogen-bond donors (Lipinski definition) is 3. The second-order valence-electron chi connectivity index (χ2n) is 12.6. The van der Waals surface area contributed by atoms with Gasteiger partial charge in [-0.2, -0.15) is 0 Å². The summed E-state index contributed by atoms with van der Waals surface area (Å²) in [4.78, 5) is 43.2. The number of piperazine rings is 1. The lowest BCUT2D eigenvalue weighted by atomic mass is 9.77. The average Bonchev–Trinajstić information content (AvgIpc) is 3.07. The van der Waals surface area contributed by atoms with Gasteiger partial charge < -0.3 is 25.2 Å². The predicted octanol–water partition coefficient (Wildman–Crippen LogP) is 4.98. The summed E-state index contributed by atoms with van der Waals surface area (Å²) in [7, 11) is 0. The SMILES string of the molecule is O=C(O)c1ccc(Oc2ccc(CN3CCC4(CC3)C(=O)N[C@H]([C@H](O)C3CCCCC3)C(=O)N4Cc3ccccc3)cc2)cc1. The van der Waals surface area contributed by atoms with E-state index in [4.69, 9.17) is 9.84 Å². The summed E-state index contributed by atoms with van der Waals surface area (Å²) in [6.45, 7) is 2.33. The van der Waals surface area contributed by atoms with Gasteiger partial charge in [0.1, 0.15) is 23.1 Å². The summed E-state index contributed by atoms with van der Waals surface area (Å²) in [6, 6.07) is 22.9. The average molecular weight is 612 g/mol. The second-order valence-corrected chi connectivity index (χ2v) is 12.6. The minimum absolute atomic E-state index is 0.0248.